The summed E-state index contributed by atoms with van der Waals surface area (Å²) in [6.45, 7) is 7.95. The van der Waals surface area contributed by atoms with Crippen LogP contribution in [0.1, 0.15) is 39.9 Å². The van der Waals surface area contributed by atoms with Crippen LogP contribution in [0.4, 0.5) is 13.2 Å². The Morgan fingerprint density at radius 1 is 0.864 bits per heavy atom. The Morgan fingerprint density at radius 3 is 2.32 bits per heavy atom. The van der Waals surface area contributed by atoms with Gasteiger partial charge in [0.25, 0.3) is 0 Å². The van der Waals surface area contributed by atoms with E-state index in [2.05, 4.69) is 49.6 Å². The van der Waals surface area contributed by atoms with Crippen molar-refractivity contribution in [2.75, 3.05) is 32.7 Å². The molecule has 10 heteroatoms. The molecule has 6 rings (SSSR count). The molecule has 0 saturated carbocycles. The molecule has 0 radical (unpaired) electrons. The first kappa shape index (κ1) is 29.5. The number of nitrogens with zero attached hydrogens (tertiary/aromatic N) is 6. The summed E-state index contributed by atoms with van der Waals surface area (Å²) in [5.74, 6) is 1.51. The number of halogens is 3. The molecule has 5 aromatic rings. The molecule has 0 aliphatic carbocycles. The van der Waals surface area contributed by atoms with Crippen LogP contribution in [0, 0.1) is 13.8 Å². The van der Waals surface area contributed by atoms with Crippen LogP contribution >= 0.6 is 0 Å². The van der Waals surface area contributed by atoms with Crippen molar-refractivity contribution in [1.29, 1.82) is 0 Å². The number of furan rings is 1. The first-order valence-corrected chi connectivity index (χ1v) is 14.6. The minimum atomic E-state index is -4.45. The molecule has 1 fully saturated rings. The maximum atomic E-state index is 13.4. The molecule has 2 aromatic heterocycles. The van der Waals surface area contributed by atoms with Crippen molar-refractivity contribution >= 4 is 6.08 Å². The normalized spacial score (nSPS) is 15.7. The number of alkyl halides is 3. The van der Waals surface area contributed by atoms with Crippen LogP contribution in [0.25, 0.3) is 23.1 Å². The Labute approximate surface area is 254 Å². The summed E-state index contributed by atoms with van der Waals surface area (Å²) in [5.41, 5.74) is 3.74. The molecule has 1 saturated heterocycles. The highest BCUT2D eigenvalue weighted by molar-refractivity contribution is 5.59. The first-order valence-electron chi connectivity index (χ1n) is 14.6. The van der Waals surface area contributed by atoms with Crippen molar-refractivity contribution in [2.24, 2.45) is 0 Å². The van der Waals surface area contributed by atoms with Crippen molar-refractivity contribution in [3.8, 4) is 17.0 Å². The number of tetrazole rings is 1. The van der Waals surface area contributed by atoms with E-state index in [-0.39, 0.29) is 0 Å². The quantitative estimate of drug-likeness (QED) is 0.192. The monoisotopic (exact) mass is 598 g/mol. The van der Waals surface area contributed by atoms with Gasteiger partial charge in [-0.05, 0) is 65.2 Å². The Balaban J connectivity index is 1.30. The summed E-state index contributed by atoms with van der Waals surface area (Å²) < 4.78 is 48.4. The molecule has 0 amide bonds. The van der Waals surface area contributed by atoms with Gasteiger partial charge in [0.2, 0.25) is 0 Å². The number of hydrogen-bond acceptors (Lipinski definition) is 6. The number of aromatic nitrogens is 4. The fourth-order valence-corrected chi connectivity index (χ4v) is 5.74. The van der Waals surface area contributed by atoms with Crippen LogP contribution in [0.3, 0.4) is 0 Å². The zero-order valence-corrected chi connectivity index (χ0v) is 24.6. The molecular formula is C34H33F3N6O. The lowest BCUT2D eigenvalue weighted by molar-refractivity contribution is -0.137. The number of rotatable bonds is 8. The molecule has 0 bridgehead atoms. The topological polar surface area (TPSA) is 63.2 Å². The van der Waals surface area contributed by atoms with Crippen LogP contribution < -0.4 is 0 Å². The fraction of sp³-hybridized carbons (Fsp3) is 0.265. The van der Waals surface area contributed by atoms with Gasteiger partial charge in [0.05, 0.1) is 11.3 Å². The van der Waals surface area contributed by atoms with Crippen LogP contribution in [0.15, 0.2) is 95.4 Å². The molecule has 226 valence electrons. The van der Waals surface area contributed by atoms with Gasteiger partial charge in [-0.25, -0.2) is 0 Å². The minimum Gasteiger partial charge on any atom is -0.459 e. The molecule has 1 aliphatic heterocycles. The highest BCUT2D eigenvalue weighted by Gasteiger charge is 2.34. The molecule has 0 spiro atoms. The maximum Gasteiger partial charge on any atom is 0.416 e. The standard InChI is InChI=1S/C34H33F3N6O/c1-24-9-6-10-25(2)31(24)43-33(38-39-40-43)32(30-17-16-29(44-30)27-14-7-15-28(23-27)34(35,36)37)42-21-19-41(20-22-42)18-8-13-26-11-4-3-5-12-26/h3-17,23,32H,18-22H2,1-2H3/b13-8+/t32-/m1/s1. The van der Waals surface area contributed by atoms with Gasteiger partial charge in [0.1, 0.15) is 17.6 Å². The van der Waals surface area contributed by atoms with E-state index in [0.29, 0.717) is 22.9 Å². The van der Waals surface area contributed by atoms with Gasteiger partial charge in [0.15, 0.2) is 5.82 Å². The summed E-state index contributed by atoms with van der Waals surface area (Å²) in [4.78, 5) is 4.67. The molecule has 3 heterocycles. The molecule has 7 nitrogen and oxygen atoms in total. The lowest BCUT2D eigenvalue weighted by atomic mass is 10.1. The number of hydrogen-bond donors (Lipinski definition) is 0. The third kappa shape index (κ3) is 6.36. The van der Waals surface area contributed by atoms with Crippen LogP contribution in [0.2, 0.25) is 0 Å². The second kappa shape index (κ2) is 12.6. The molecule has 1 aliphatic rings. The molecular weight excluding hydrogens is 565 g/mol. The SMILES string of the molecule is Cc1cccc(C)c1-n1nnnc1[C@@H](c1ccc(-c2cccc(C(F)(F)F)c2)o1)N1CCN(C/C=C/c2ccccc2)CC1. The van der Waals surface area contributed by atoms with Gasteiger partial charge in [-0.3, -0.25) is 9.80 Å². The van der Waals surface area contributed by atoms with E-state index in [0.717, 1.165) is 61.7 Å². The lowest BCUT2D eigenvalue weighted by Crippen LogP contribution is -2.48. The number of benzene rings is 3. The van der Waals surface area contributed by atoms with Gasteiger partial charge < -0.3 is 4.42 Å². The summed E-state index contributed by atoms with van der Waals surface area (Å²) in [6.07, 6.45) is -0.138. The smallest absolute Gasteiger partial charge is 0.416 e. The van der Waals surface area contributed by atoms with E-state index in [9.17, 15) is 13.2 Å². The van der Waals surface area contributed by atoms with E-state index < -0.39 is 17.8 Å². The minimum absolute atomic E-state index is 0.354. The third-order valence-corrected chi connectivity index (χ3v) is 8.01. The summed E-state index contributed by atoms with van der Waals surface area (Å²) in [5, 5.41) is 12.9. The highest BCUT2D eigenvalue weighted by atomic mass is 19.4. The van der Waals surface area contributed by atoms with Gasteiger partial charge in [-0.1, -0.05) is 72.8 Å². The lowest BCUT2D eigenvalue weighted by Gasteiger charge is -2.37. The Kier molecular flexibility index (Phi) is 8.45. The average Bonchev–Trinajstić information content (AvgIpc) is 3.69. The van der Waals surface area contributed by atoms with E-state index in [4.69, 9.17) is 4.42 Å². The van der Waals surface area contributed by atoms with Crippen LogP contribution in [-0.2, 0) is 6.18 Å². The van der Waals surface area contributed by atoms with Crippen molar-refractivity contribution in [3.05, 3.63) is 125 Å². The van der Waals surface area contributed by atoms with Crippen molar-refractivity contribution in [1.82, 2.24) is 30.0 Å². The predicted octanol–water partition coefficient (Wildman–Crippen LogP) is 6.98. The van der Waals surface area contributed by atoms with E-state index >= 15 is 0 Å². The zero-order chi connectivity index (χ0) is 30.7. The zero-order valence-electron chi connectivity index (χ0n) is 24.6. The highest BCUT2D eigenvalue weighted by Crippen LogP contribution is 2.36. The van der Waals surface area contributed by atoms with E-state index in [1.54, 1.807) is 16.8 Å². The third-order valence-electron chi connectivity index (χ3n) is 8.01. The molecule has 3 aromatic carbocycles. The predicted molar refractivity (Wildman–Crippen MR) is 163 cm³/mol. The van der Waals surface area contributed by atoms with Crippen LogP contribution in [0.5, 0.6) is 0 Å². The summed E-state index contributed by atoms with van der Waals surface area (Å²) in [7, 11) is 0. The second-order valence-corrected chi connectivity index (χ2v) is 11.0. The largest absolute Gasteiger partial charge is 0.459 e. The molecule has 0 unspecified atom stereocenters. The van der Waals surface area contributed by atoms with Crippen molar-refractivity contribution < 1.29 is 17.6 Å². The maximum absolute atomic E-state index is 13.4. The Hall–Kier alpha value is -4.54. The molecule has 44 heavy (non-hydrogen) atoms. The molecule has 0 N–H and O–H groups in total. The van der Waals surface area contributed by atoms with Gasteiger partial charge in [-0.15, -0.1) is 5.10 Å². The van der Waals surface area contributed by atoms with Gasteiger partial charge in [0, 0.05) is 38.3 Å². The number of aryl methyl sites for hydroxylation is 2. The van der Waals surface area contributed by atoms with E-state index in [1.807, 2.05) is 56.3 Å². The molecule has 1 atom stereocenters. The Morgan fingerprint density at radius 2 is 1.59 bits per heavy atom. The summed E-state index contributed by atoms with van der Waals surface area (Å²) in [6, 6.07) is 24.5. The van der Waals surface area contributed by atoms with Crippen LogP contribution in [-0.4, -0.2) is 62.7 Å². The van der Waals surface area contributed by atoms with E-state index in [1.165, 1.54) is 11.6 Å². The van der Waals surface area contributed by atoms with Crippen molar-refractivity contribution in [3.63, 3.8) is 0 Å². The Bertz CT molecular complexity index is 1720. The van der Waals surface area contributed by atoms with Gasteiger partial charge >= 0.3 is 6.18 Å². The fourth-order valence-electron chi connectivity index (χ4n) is 5.74. The second-order valence-electron chi connectivity index (χ2n) is 11.0. The van der Waals surface area contributed by atoms with Gasteiger partial charge in [-0.2, -0.15) is 17.9 Å². The van der Waals surface area contributed by atoms with Crippen molar-refractivity contribution in [2.45, 2.75) is 26.1 Å². The summed E-state index contributed by atoms with van der Waals surface area (Å²) >= 11 is 0. The average molecular weight is 599 g/mol. The number of para-hydroxylation sites is 1. The number of piperazine rings is 1. The first-order chi connectivity index (χ1) is 21.3.